The van der Waals surface area contributed by atoms with E-state index in [0.29, 0.717) is 19.5 Å². The van der Waals surface area contributed by atoms with Gasteiger partial charge in [-0.2, -0.15) is 5.10 Å². The third-order valence-corrected chi connectivity index (χ3v) is 5.00. The molecule has 3 rings (SSSR count). The average molecular weight is 392 g/mol. The molecule has 0 aliphatic carbocycles. The molecule has 1 saturated heterocycles. The van der Waals surface area contributed by atoms with Crippen LogP contribution < -0.4 is 0 Å². The molecule has 144 valence electrons. The Morgan fingerprint density at radius 2 is 2.07 bits per heavy atom. The minimum atomic E-state index is -0.516. The van der Waals surface area contributed by atoms with Crippen molar-refractivity contribution in [2.24, 2.45) is 0 Å². The van der Waals surface area contributed by atoms with Crippen LogP contribution in [0.2, 0.25) is 5.02 Å². The van der Waals surface area contributed by atoms with Gasteiger partial charge in [-0.3, -0.25) is 24.5 Å². The van der Waals surface area contributed by atoms with Crippen molar-refractivity contribution in [1.29, 1.82) is 0 Å². The second kappa shape index (κ2) is 8.49. The third-order valence-electron chi connectivity index (χ3n) is 4.77. The zero-order chi connectivity index (χ0) is 19.4. The van der Waals surface area contributed by atoms with Gasteiger partial charge in [-0.05, 0) is 24.1 Å². The van der Waals surface area contributed by atoms with E-state index < -0.39 is 11.0 Å². The van der Waals surface area contributed by atoms with E-state index in [2.05, 4.69) is 10.00 Å². The van der Waals surface area contributed by atoms with Gasteiger partial charge in [-0.15, -0.1) is 0 Å². The van der Waals surface area contributed by atoms with Crippen LogP contribution in [0.4, 0.5) is 5.69 Å². The molecule has 0 saturated carbocycles. The van der Waals surface area contributed by atoms with Crippen LogP contribution in [0.25, 0.3) is 0 Å². The zero-order valence-electron chi connectivity index (χ0n) is 15.1. The maximum Gasteiger partial charge on any atom is 0.307 e. The van der Waals surface area contributed by atoms with Crippen LogP contribution in [0.5, 0.6) is 0 Å². The van der Waals surface area contributed by atoms with E-state index in [4.69, 9.17) is 11.6 Å². The first kappa shape index (κ1) is 19.3. The Labute approximate surface area is 162 Å². The summed E-state index contributed by atoms with van der Waals surface area (Å²) in [5, 5.41) is 15.6. The van der Waals surface area contributed by atoms with Crippen LogP contribution >= 0.6 is 11.6 Å². The van der Waals surface area contributed by atoms with Crippen LogP contribution in [0.1, 0.15) is 24.9 Å². The quantitative estimate of drug-likeness (QED) is 0.558. The van der Waals surface area contributed by atoms with Gasteiger partial charge in [0.15, 0.2) is 0 Å². The van der Waals surface area contributed by atoms with Gasteiger partial charge in [-0.25, -0.2) is 0 Å². The van der Waals surface area contributed by atoms with E-state index in [1.54, 1.807) is 0 Å². The first-order valence-electron chi connectivity index (χ1n) is 8.92. The van der Waals surface area contributed by atoms with Crippen molar-refractivity contribution in [3.05, 3.63) is 57.4 Å². The highest BCUT2D eigenvalue weighted by Gasteiger charge is 2.29. The molecule has 1 aliphatic rings. The number of nitro groups is 1. The lowest BCUT2D eigenvalue weighted by atomic mass is 10.1. The Morgan fingerprint density at radius 1 is 1.33 bits per heavy atom. The van der Waals surface area contributed by atoms with E-state index in [1.165, 1.54) is 17.1 Å². The van der Waals surface area contributed by atoms with Gasteiger partial charge in [0, 0.05) is 37.7 Å². The Kier molecular flexibility index (Phi) is 6.08. The minimum absolute atomic E-state index is 0.0436. The maximum atomic E-state index is 12.9. The topological polar surface area (TPSA) is 84.5 Å². The lowest BCUT2D eigenvalue weighted by molar-refractivity contribution is -0.385. The molecule has 1 aromatic heterocycles. The Morgan fingerprint density at radius 3 is 2.67 bits per heavy atom. The predicted molar refractivity (Wildman–Crippen MR) is 102 cm³/mol. The van der Waals surface area contributed by atoms with Crippen molar-refractivity contribution < 1.29 is 9.72 Å². The summed E-state index contributed by atoms with van der Waals surface area (Å²) in [6.45, 7) is 5.47. The normalized spacial score (nSPS) is 16.3. The molecule has 0 radical (unpaired) electrons. The van der Waals surface area contributed by atoms with Gasteiger partial charge < -0.3 is 4.90 Å². The number of rotatable bonds is 6. The minimum Gasteiger partial charge on any atom is -0.338 e. The number of nitrogens with zero attached hydrogens (tertiary/aromatic N) is 5. The summed E-state index contributed by atoms with van der Waals surface area (Å²) >= 11 is 6.04. The zero-order valence-corrected chi connectivity index (χ0v) is 15.9. The lowest BCUT2D eigenvalue weighted by Crippen LogP contribution is -2.50. The summed E-state index contributed by atoms with van der Waals surface area (Å²) in [6, 6.07) is 7.27. The van der Waals surface area contributed by atoms with Crippen molar-refractivity contribution in [1.82, 2.24) is 19.6 Å². The Balaban J connectivity index is 1.58. The molecule has 0 N–H and O–H groups in total. The van der Waals surface area contributed by atoms with Crippen molar-refractivity contribution in [2.45, 2.75) is 25.9 Å². The molecule has 1 atom stereocenters. The summed E-state index contributed by atoms with van der Waals surface area (Å²) in [5.41, 5.74) is 1.05. The van der Waals surface area contributed by atoms with E-state index in [-0.39, 0.29) is 11.6 Å². The molecule has 8 nitrogen and oxygen atoms in total. The van der Waals surface area contributed by atoms with Crippen LogP contribution in [0, 0.1) is 10.1 Å². The second-order valence-electron chi connectivity index (χ2n) is 6.59. The molecule has 2 aromatic rings. The molecule has 9 heteroatoms. The van der Waals surface area contributed by atoms with E-state index in [0.717, 1.165) is 30.2 Å². The molecule has 1 aliphatic heterocycles. The van der Waals surface area contributed by atoms with Crippen molar-refractivity contribution >= 4 is 23.2 Å². The number of amides is 1. The number of carbonyl (C=O) groups is 1. The monoisotopic (exact) mass is 391 g/mol. The highest BCUT2D eigenvalue weighted by atomic mass is 35.5. The summed E-state index contributed by atoms with van der Waals surface area (Å²) < 4.78 is 1.40. The summed E-state index contributed by atoms with van der Waals surface area (Å²) in [7, 11) is 0. The van der Waals surface area contributed by atoms with Crippen molar-refractivity contribution in [3.63, 3.8) is 0 Å². The number of benzene rings is 1. The Hall–Kier alpha value is -2.45. The second-order valence-corrected chi connectivity index (χ2v) is 7.03. The lowest BCUT2D eigenvalue weighted by Gasteiger charge is -2.36. The van der Waals surface area contributed by atoms with Gasteiger partial charge in [-0.1, -0.05) is 30.7 Å². The van der Waals surface area contributed by atoms with Gasteiger partial charge in [0.1, 0.15) is 18.4 Å². The molecular weight excluding hydrogens is 370 g/mol. The smallest absolute Gasteiger partial charge is 0.307 e. The number of carbonyl (C=O) groups excluding carboxylic acids is 1. The standard InChI is InChI=1S/C18H22ClN5O3/c1-2-17(23-13-16(11-20-23)24(26)27)18(25)22-8-6-21(7-9-22)12-14-4-3-5-15(19)10-14/h3-5,10-11,13,17H,2,6-9,12H2,1H3. The fourth-order valence-corrected chi connectivity index (χ4v) is 3.51. The van der Waals surface area contributed by atoms with Gasteiger partial charge in [0.25, 0.3) is 0 Å². The molecule has 2 heterocycles. The first-order chi connectivity index (χ1) is 13.0. The number of aromatic nitrogens is 2. The van der Waals surface area contributed by atoms with Crippen LogP contribution in [-0.2, 0) is 11.3 Å². The van der Waals surface area contributed by atoms with E-state index in [9.17, 15) is 14.9 Å². The SMILES string of the molecule is CCC(C(=O)N1CCN(Cc2cccc(Cl)c2)CC1)n1cc([N+](=O)[O-])cn1. The molecular formula is C18H22ClN5O3. The fourth-order valence-electron chi connectivity index (χ4n) is 3.30. The summed E-state index contributed by atoms with van der Waals surface area (Å²) in [4.78, 5) is 27.3. The van der Waals surface area contributed by atoms with Crippen LogP contribution in [0.15, 0.2) is 36.7 Å². The largest absolute Gasteiger partial charge is 0.338 e. The Bertz CT molecular complexity index is 817. The van der Waals surface area contributed by atoms with Crippen LogP contribution in [0.3, 0.4) is 0 Å². The number of hydrogen-bond acceptors (Lipinski definition) is 5. The summed E-state index contributed by atoms with van der Waals surface area (Å²) in [6.07, 6.45) is 3.03. The molecule has 1 amide bonds. The molecule has 0 spiro atoms. The first-order valence-corrected chi connectivity index (χ1v) is 9.30. The molecule has 1 aromatic carbocycles. The maximum absolute atomic E-state index is 12.9. The van der Waals surface area contributed by atoms with Gasteiger partial charge in [0.05, 0.1) is 4.92 Å². The predicted octanol–water partition coefficient (Wildman–Crippen LogP) is 2.74. The highest BCUT2D eigenvalue weighted by molar-refractivity contribution is 6.30. The number of hydrogen-bond donors (Lipinski definition) is 0. The molecule has 27 heavy (non-hydrogen) atoms. The third kappa shape index (κ3) is 4.64. The molecule has 0 bridgehead atoms. The fraction of sp³-hybridized carbons (Fsp3) is 0.444. The van der Waals surface area contributed by atoms with Crippen molar-refractivity contribution in [2.75, 3.05) is 26.2 Å². The van der Waals surface area contributed by atoms with E-state index >= 15 is 0 Å². The van der Waals surface area contributed by atoms with Gasteiger partial charge >= 0.3 is 5.69 Å². The van der Waals surface area contributed by atoms with E-state index in [1.807, 2.05) is 36.1 Å². The summed E-state index contributed by atoms with van der Waals surface area (Å²) in [5.74, 6) is -0.0436. The molecule has 1 fully saturated rings. The number of halogens is 1. The average Bonchev–Trinajstić information content (AvgIpc) is 3.13. The number of piperazine rings is 1. The van der Waals surface area contributed by atoms with Gasteiger partial charge in [0.2, 0.25) is 5.91 Å². The van der Waals surface area contributed by atoms with Crippen molar-refractivity contribution in [3.8, 4) is 0 Å². The van der Waals surface area contributed by atoms with Crippen LogP contribution in [-0.4, -0.2) is 56.6 Å². The highest BCUT2D eigenvalue weighted by Crippen LogP contribution is 2.20. The molecule has 1 unspecified atom stereocenters.